The fraction of sp³-hybridized carbons (Fsp3) is 0.348. The lowest BCUT2D eigenvalue weighted by Crippen LogP contribution is -2.28. The van der Waals surface area contributed by atoms with E-state index in [1.165, 1.54) is 0 Å². The predicted molar refractivity (Wildman–Crippen MR) is 121 cm³/mol. The van der Waals surface area contributed by atoms with E-state index in [0.717, 1.165) is 42.0 Å². The molecule has 1 heterocycles. The summed E-state index contributed by atoms with van der Waals surface area (Å²) in [7, 11) is 1.58. The number of aromatic nitrogens is 2. The van der Waals surface area contributed by atoms with E-state index in [1.807, 2.05) is 30.3 Å². The van der Waals surface area contributed by atoms with E-state index in [2.05, 4.69) is 26.9 Å². The Hall–Kier alpha value is -3.08. The minimum Gasteiger partial charge on any atom is -0.495 e. The number of nitrogens with one attached hydrogen (secondary N) is 2. The van der Waals surface area contributed by atoms with Gasteiger partial charge in [-0.05, 0) is 61.6 Å². The van der Waals surface area contributed by atoms with Crippen LogP contribution in [-0.4, -0.2) is 34.6 Å². The molecule has 0 saturated heterocycles. The third kappa shape index (κ3) is 4.82. The molecular formula is C23H24ClN5O2. The molecule has 2 aromatic carbocycles. The first-order valence-corrected chi connectivity index (χ1v) is 10.7. The standard InChI is InChI=1S/C23H24ClN5O2/c1-31-21-9-3-15(11-20(21)24)13-26-22-19-10-14(12-25)2-8-18(19)23(29-28-22)27-16-4-6-17(30)7-5-16/h2-3,8-11,16-17,30H,4-7,13H2,1H3,(H,26,28)(H,27,29)/t16-,17-. The van der Waals surface area contributed by atoms with Gasteiger partial charge in [0, 0.05) is 23.4 Å². The quantitative estimate of drug-likeness (QED) is 0.522. The SMILES string of the molecule is COc1ccc(CNc2nnc(N[C@H]3CC[C@H](O)CC3)c3ccc(C#N)cc23)cc1Cl. The van der Waals surface area contributed by atoms with Gasteiger partial charge in [-0.3, -0.25) is 0 Å². The minimum absolute atomic E-state index is 0.211. The molecule has 1 fully saturated rings. The number of anilines is 2. The molecule has 1 aliphatic rings. The monoisotopic (exact) mass is 437 g/mol. The Morgan fingerprint density at radius 3 is 2.58 bits per heavy atom. The van der Waals surface area contributed by atoms with E-state index in [1.54, 1.807) is 13.2 Å². The van der Waals surface area contributed by atoms with Crippen LogP contribution in [0.5, 0.6) is 5.75 Å². The van der Waals surface area contributed by atoms with Gasteiger partial charge in [-0.25, -0.2) is 0 Å². The number of ether oxygens (including phenoxy) is 1. The summed E-state index contributed by atoms with van der Waals surface area (Å²) in [6, 6.07) is 13.5. The van der Waals surface area contributed by atoms with Crippen molar-refractivity contribution in [3.05, 3.63) is 52.5 Å². The molecule has 1 saturated carbocycles. The highest BCUT2D eigenvalue weighted by Gasteiger charge is 2.21. The van der Waals surface area contributed by atoms with Crippen LogP contribution in [0.15, 0.2) is 36.4 Å². The second-order valence-corrected chi connectivity index (χ2v) is 8.15. The molecule has 1 aromatic heterocycles. The molecule has 4 rings (SSSR count). The molecule has 3 aromatic rings. The Balaban J connectivity index is 1.60. The summed E-state index contributed by atoms with van der Waals surface area (Å²) in [5.74, 6) is 1.92. The van der Waals surface area contributed by atoms with Gasteiger partial charge >= 0.3 is 0 Å². The fourth-order valence-corrected chi connectivity index (χ4v) is 4.16. The summed E-state index contributed by atoms with van der Waals surface area (Å²) < 4.78 is 5.20. The molecule has 0 bridgehead atoms. The third-order valence-corrected chi connectivity index (χ3v) is 5.92. The first kappa shape index (κ1) is 21.2. The van der Waals surface area contributed by atoms with Crippen molar-refractivity contribution in [2.45, 2.75) is 44.4 Å². The molecule has 0 radical (unpaired) electrons. The number of aliphatic hydroxyl groups is 1. The Kier molecular flexibility index (Phi) is 6.40. The Morgan fingerprint density at radius 1 is 1.10 bits per heavy atom. The Morgan fingerprint density at radius 2 is 1.87 bits per heavy atom. The highest BCUT2D eigenvalue weighted by atomic mass is 35.5. The van der Waals surface area contributed by atoms with E-state index in [4.69, 9.17) is 16.3 Å². The highest BCUT2D eigenvalue weighted by Crippen LogP contribution is 2.30. The van der Waals surface area contributed by atoms with Crippen LogP contribution in [0.2, 0.25) is 5.02 Å². The van der Waals surface area contributed by atoms with Gasteiger partial charge in [0.25, 0.3) is 0 Å². The second kappa shape index (κ2) is 9.38. The van der Waals surface area contributed by atoms with Crippen molar-refractivity contribution in [3.63, 3.8) is 0 Å². The Labute approximate surface area is 186 Å². The van der Waals surface area contributed by atoms with Crippen LogP contribution in [0.25, 0.3) is 10.8 Å². The van der Waals surface area contributed by atoms with E-state index in [0.29, 0.717) is 34.5 Å². The number of nitriles is 1. The largest absolute Gasteiger partial charge is 0.495 e. The summed E-state index contributed by atoms with van der Waals surface area (Å²) in [6.07, 6.45) is 3.13. The lowest BCUT2D eigenvalue weighted by molar-refractivity contribution is 0.126. The first-order chi connectivity index (χ1) is 15.1. The Bertz CT molecular complexity index is 1120. The molecule has 0 spiro atoms. The third-order valence-electron chi connectivity index (χ3n) is 5.62. The van der Waals surface area contributed by atoms with Crippen LogP contribution in [0.1, 0.15) is 36.8 Å². The average molecular weight is 438 g/mol. The first-order valence-electron chi connectivity index (χ1n) is 10.3. The number of benzene rings is 2. The number of aliphatic hydroxyl groups excluding tert-OH is 1. The van der Waals surface area contributed by atoms with Crippen LogP contribution in [0.4, 0.5) is 11.6 Å². The van der Waals surface area contributed by atoms with Crippen LogP contribution in [0.3, 0.4) is 0 Å². The van der Waals surface area contributed by atoms with E-state index in [9.17, 15) is 10.4 Å². The van der Waals surface area contributed by atoms with Gasteiger partial charge in [0.05, 0.1) is 29.9 Å². The zero-order chi connectivity index (χ0) is 21.8. The van der Waals surface area contributed by atoms with Crippen molar-refractivity contribution in [2.24, 2.45) is 0 Å². The van der Waals surface area contributed by atoms with Gasteiger partial charge in [-0.2, -0.15) is 5.26 Å². The summed E-state index contributed by atoms with van der Waals surface area (Å²) in [4.78, 5) is 0. The summed E-state index contributed by atoms with van der Waals surface area (Å²) in [5, 5.41) is 37.0. The lowest BCUT2D eigenvalue weighted by Gasteiger charge is -2.27. The van der Waals surface area contributed by atoms with Gasteiger partial charge in [-0.15, -0.1) is 10.2 Å². The van der Waals surface area contributed by atoms with Crippen molar-refractivity contribution in [3.8, 4) is 11.8 Å². The summed E-state index contributed by atoms with van der Waals surface area (Å²) >= 11 is 6.23. The molecule has 8 heteroatoms. The number of rotatable bonds is 6. The fourth-order valence-electron chi connectivity index (χ4n) is 3.88. The number of hydrogen-bond acceptors (Lipinski definition) is 7. The molecule has 0 aliphatic heterocycles. The van der Waals surface area contributed by atoms with Crippen LogP contribution >= 0.6 is 11.6 Å². The zero-order valence-electron chi connectivity index (χ0n) is 17.2. The topological polar surface area (TPSA) is 103 Å². The summed E-state index contributed by atoms with van der Waals surface area (Å²) in [6.45, 7) is 0.498. The van der Waals surface area contributed by atoms with E-state index in [-0.39, 0.29) is 12.1 Å². The molecule has 160 valence electrons. The van der Waals surface area contributed by atoms with Crippen LogP contribution in [0, 0.1) is 11.3 Å². The van der Waals surface area contributed by atoms with Crippen LogP contribution < -0.4 is 15.4 Å². The highest BCUT2D eigenvalue weighted by molar-refractivity contribution is 6.32. The number of hydrogen-bond donors (Lipinski definition) is 3. The maximum Gasteiger partial charge on any atom is 0.157 e. The number of fused-ring (bicyclic) bond motifs is 1. The van der Waals surface area contributed by atoms with E-state index < -0.39 is 0 Å². The molecular weight excluding hydrogens is 414 g/mol. The predicted octanol–water partition coefficient (Wildman–Crippen LogP) is 4.49. The minimum atomic E-state index is -0.211. The molecule has 0 unspecified atom stereocenters. The molecule has 0 atom stereocenters. The maximum absolute atomic E-state index is 9.75. The molecule has 0 amide bonds. The normalized spacial score (nSPS) is 18.4. The molecule has 3 N–H and O–H groups in total. The van der Waals surface area contributed by atoms with Crippen LogP contribution in [-0.2, 0) is 6.54 Å². The lowest BCUT2D eigenvalue weighted by atomic mass is 9.93. The number of methoxy groups -OCH3 is 1. The van der Waals surface area contributed by atoms with Gasteiger partial charge in [0.2, 0.25) is 0 Å². The number of nitrogens with zero attached hydrogens (tertiary/aromatic N) is 3. The van der Waals surface area contributed by atoms with Crippen molar-refractivity contribution in [1.29, 1.82) is 5.26 Å². The van der Waals surface area contributed by atoms with Crippen molar-refractivity contribution in [2.75, 3.05) is 17.7 Å². The van der Waals surface area contributed by atoms with Crippen molar-refractivity contribution in [1.82, 2.24) is 10.2 Å². The zero-order valence-corrected chi connectivity index (χ0v) is 18.0. The smallest absolute Gasteiger partial charge is 0.157 e. The molecule has 1 aliphatic carbocycles. The van der Waals surface area contributed by atoms with E-state index >= 15 is 0 Å². The maximum atomic E-state index is 9.75. The molecule has 7 nitrogen and oxygen atoms in total. The van der Waals surface area contributed by atoms with Gasteiger partial charge in [-0.1, -0.05) is 17.7 Å². The molecule has 31 heavy (non-hydrogen) atoms. The van der Waals surface area contributed by atoms with Gasteiger partial charge in [0.1, 0.15) is 5.75 Å². The van der Waals surface area contributed by atoms with Gasteiger partial charge < -0.3 is 20.5 Å². The summed E-state index contributed by atoms with van der Waals surface area (Å²) in [5.41, 5.74) is 1.53. The number of halogens is 1. The van der Waals surface area contributed by atoms with Gasteiger partial charge in [0.15, 0.2) is 11.6 Å². The average Bonchev–Trinajstić information content (AvgIpc) is 2.79. The van der Waals surface area contributed by atoms with Crippen molar-refractivity contribution < 1.29 is 9.84 Å². The van der Waals surface area contributed by atoms with Crippen molar-refractivity contribution >= 4 is 34.0 Å². The second-order valence-electron chi connectivity index (χ2n) is 7.74.